The number of hydrogen-bond donors (Lipinski definition) is 3. The van der Waals surface area contributed by atoms with Crippen LogP contribution in [0.25, 0.3) is 11.1 Å². The number of piperidine rings is 1. The molecule has 1 aromatic heterocycles. The Bertz CT molecular complexity index is 2130. The number of piperazine rings is 1. The molecule has 4 heterocycles. The number of carbonyl (C=O) groups is 3. The second-order valence-corrected chi connectivity index (χ2v) is 15.4. The zero-order valence-electron chi connectivity index (χ0n) is 33.1. The van der Waals surface area contributed by atoms with Gasteiger partial charge in [0.2, 0.25) is 11.8 Å². The number of aromatic nitrogens is 1. The Morgan fingerprint density at radius 1 is 0.893 bits per heavy atom. The van der Waals surface area contributed by atoms with Gasteiger partial charge in [0.15, 0.2) is 0 Å². The fourth-order valence-corrected chi connectivity index (χ4v) is 8.67. The van der Waals surface area contributed by atoms with Crippen molar-refractivity contribution in [2.75, 3.05) is 55.7 Å². The first-order valence-electron chi connectivity index (χ1n) is 20.1. The van der Waals surface area contributed by atoms with Gasteiger partial charge in [0.1, 0.15) is 0 Å². The van der Waals surface area contributed by atoms with Crippen molar-refractivity contribution in [3.63, 3.8) is 0 Å². The summed E-state index contributed by atoms with van der Waals surface area (Å²) in [5.74, 6) is -0.889. The minimum absolute atomic E-state index is 0.144. The Kier molecular flexibility index (Phi) is 12.0. The fourth-order valence-electron chi connectivity index (χ4n) is 8.67. The molecule has 11 nitrogen and oxygen atoms in total. The molecular weight excluding hydrogens is 705 g/mol. The van der Waals surface area contributed by atoms with Crippen LogP contribution in [-0.4, -0.2) is 79.6 Å². The molecule has 1 atom stereocenters. The molecule has 3 aliphatic heterocycles. The van der Waals surface area contributed by atoms with Crippen molar-refractivity contribution in [2.45, 2.75) is 78.4 Å². The molecule has 7 rings (SSSR count). The van der Waals surface area contributed by atoms with E-state index in [-0.39, 0.29) is 35.7 Å². The number of pyridine rings is 1. The van der Waals surface area contributed by atoms with Gasteiger partial charge < -0.3 is 24.8 Å². The second kappa shape index (κ2) is 17.3. The van der Waals surface area contributed by atoms with E-state index in [2.05, 4.69) is 73.6 Å². The van der Waals surface area contributed by atoms with Gasteiger partial charge in [-0.2, -0.15) is 0 Å². The highest BCUT2D eigenvalue weighted by Crippen LogP contribution is 2.35. The van der Waals surface area contributed by atoms with Crippen LogP contribution in [0.4, 0.5) is 11.4 Å². The number of aryl methyl sites for hydroxylation is 2. The summed E-state index contributed by atoms with van der Waals surface area (Å²) in [4.78, 5) is 61.3. The standard InChI is InChI=1S/C45H54N6O5/c1-5-51(36-16-22-56-23-17-36)41-26-34(25-39(31(41)4)43(53)46-27-40-29(2)24-30(3)47-45(40)55)32-10-12-35(13-11-32)50-20-18-49(19-21-50)28-33-8-6-7-9-37(33)38-14-15-42(52)48-44(38)54/h6-13,24-26,36,38H,5,14-23,27-28H2,1-4H3,(H,46,53)(H,47,55)(H,48,52,54). The molecule has 3 aliphatic rings. The smallest absolute Gasteiger partial charge is 0.253 e. The first-order chi connectivity index (χ1) is 27.1. The number of rotatable bonds is 11. The van der Waals surface area contributed by atoms with E-state index in [0.29, 0.717) is 30.0 Å². The molecule has 0 spiro atoms. The van der Waals surface area contributed by atoms with Crippen molar-refractivity contribution in [3.8, 4) is 11.1 Å². The highest BCUT2D eigenvalue weighted by Gasteiger charge is 2.30. The zero-order valence-corrected chi connectivity index (χ0v) is 33.1. The Morgan fingerprint density at radius 3 is 2.32 bits per heavy atom. The van der Waals surface area contributed by atoms with Crippen molar-refractivity contribution in [1.82, 2.24) is 20.5 Å². The Morgan fingerprint density at radius 2 is 1.62 bits per heavy atom. The van der Waals surface area contributed by atoms with Crippen LogP contribution in [0.2, 0.25) is 0 Å². The largest absolute Gasteiger partial charge is 0.381 e. The summed E-state index contributed by atoms with van der Waals surface area (Å²) in [5, 5.41) is 5.57. The lowest BCUT2D eigenvalue weighted by molar-refractivity contribution is -0.134. The van der Waals surface area contributed by atoms with Crippen LogP contribution in [0, 0.1) is 20.8 Å². The molecule has 0 radical (unpaired) electrons. The van der Waals surface area contributed by atoms with E-state index in [1.165, 1.54) is 0 Å². The van der Waals surface area contributed by atoms with E-state index in [1.54, 1.807) is 0 Å². The lowest BCUT2D eigenvalue weighted by Gasteiger charge is -2.37. The van der Waals surface area contributed by atoms with E-state index >= 15 is 0 Å². The number of nitrogens with zero attached hydrogens (tertiary/aromatic N) is 3. The number of aromatic amines is 1. The van der Waals surface area contributed by atoms with E-state index in [1.807, 2.05) is 51.1 Å². The number of nitrogens with one attached hydrogen (secondary N) is 3. The number of anilines is 2. The average Bonchev–Trinajstić information content (AvgIpc) is 3.19. The highest BCUT2D eigenvalue weighted by atomic mass is 16.5. The van der Waals surface area contributed by atoms with Crippen LogP contribution in [0.3, 0.4) is 0 Å². The third-order valence-corrected chi connectivity index (χ3v) is 11.8. The number of ether oxygens (including phenoxy) is 1. The zero-order chi connectivity index (χ0) is 39.3. The summed E-state index contributed by atoms with van der Waals surface area (Å²) in [7, 11) is 0. The maximum atomic E-state index is 14.0. The van der Waals surface area contributed by atoms with Crippen LogP contribution in [0.1, 0.15) is 82.4 Å². The molecule has 0 saturated carbocycles. The molecule has 294 valence electrons. The molecule has 11 heteroatoms. The minimum Gasteiger partial charge on any atom is -0.381 e. The minimum atomic E-state index is -0.292. The van der Waals surface area contributed by atoms with Gasteiger partial charge in [-0.25, -0.2) is 0 Å². The van der Waals surface area contributed by atoms with Gasteiger partial charge in [0, 0.05) is 99.7 Å². The molecular formula is C45H54N6O5. The SMILES string of the molecule is CCN(c1cc(-c2ccc(N3CCN(Cc4ccccc4C4CCC(=O)NC4=O)CC3)cc2)cc(C(=O)NCc2c(C)cc(C)[nH]c2=O)c1C)C1CCOCC1. The van der Waals surface area contributed by atoms with Crippen LogP contribution >= 0.6 is 0 Å². The van der Waals surface area contributed by atoms with Crippen molar-refractivity contribution in [3.05, 3.63) is 116 Å². The third-order valence-electron chi connectivity index (χ3n) is 11.8. The van der Waals surface area contributed by atoms with Gasteiger partial charge in [0.25, 0.3) is 11.5 Å². The normalized spacial score (nSPS) is 18.1. The van der Waals surface area contributed by atoms with E-state index in [4.69, 9.17) is 4.74 Å². The lowest BCUT2D eigenvalue weighted by Crippen LogP contribution is -2.46. The van der Waals surface area contributed by atoms with Crippen LogP contribution < -0.4 is 26.0 Å². The predicted octanol–water partition coefficient (Wildman–Crippen LogP) is 5.74. The van der Waals surface area contributed by atoms with E-state index in [9.17, 15) is 19.2 Å². The molecule has 0 aliphatic carbocycles. The maximum absolute atomic E-state index is 14.0. The monoisotopic (exact) mass is 758 g/mol. The van der Waals surface area contributed by atoms with Crippen LogP contribution in [0.15, 0.2) is 71.5 Å². The van der Waals surface area contributed by atoms with Crippen LogP contribution in [0.5, 0.6) is 0 Å². The summed E-state index contributed by atoms with van der Waals surface area (Å²) >= 11 is 0. The third kappa shape index (κ3) is 8.59. The van der Waals surface area contributed by atoms with Crippen molar-refractivity contribution < 1.29 is 19.1 Å². The fraction of sp³-hybridized carbons (Fsp3) is 0.422. The topological polar surface area (TPSA) is 127 Å². The van der Waals surface area contributed by atoms with Gasteiger partial charge in [-0.05, 0) is 111 Å². The molecule has 3 fully saturated rings. The van der Waals surface area contributed by atoms with Crippen molar-refractivity contribution in [2.24, 2.45) is 0 Å². The molecule has 4 aromatic rings. The molecule has 3 saturated heterocycles. The summed E-state index contributed by atoms with van der Waals surface area (Å²) < 4.78 is 5.70. The Labute approximate surface area is 329 Å². The summed E-state index contributed by atoms with van der Waals surface area (Å²) in [6, 6.07) is 23.2. The second-order valence-electron chi connectivity index (χ2n) is 15.4. The summed E-state index contributed by atoms with van der Waals surface area (Å²) in [6.45, 7) is 14.6. The number of hydrogen-bond acceptors (Lipinski definition) is 8. The van der Waals surface area contributed by atoms with Gasteiger partial charge in [-0.15, -0.1) is 0 Å². The number of carbonyl (C=O) groups excluding carboxylic acids is 3. The number of benzene rings is 3. The first kappa shape index (κ1) is 39.0. The molecule has 3 N–H and O–H groups in total. The number of imide groups is 1. The number of H-pyrrole nitrogens is 1. The highest BCUT2D eigenvalue weighted by molar-refractivity contribution is 6.01. The van der Waals surface area contributed by atoms with Gasteiger partial charge in [0.05, 0.1) is 5.92 Å². The molecule has 0 bridgehead atoms. The molecule has 3 amide bonds. The quantitative estimate of drug-likeness (QED) is 0.165. The Hall–Kier alpha value is -5.26. The average molecular weight is 759 g/mol. The molecule has 3 aromatic carbocycles. The predicted molar refractivity (Wildman–Crippen MR) is 220 cm³/mol. The van der Waals surface area contributed by atoms with E-state index < -0.39 is 0 Å². The van der Waals surface area contributed by atoms with Gasteiger partial charge in [-0.3, -0.25) is 29.4 Å². The lowest BCUT2D eigenvalue weighted by atomic mass is 9.87. The molecule has 1 unspecified atom stereocenters. The van der Waals surface area contributed by atoms with E-state index in [0.717, 1.165) is 116 Å². The van der Waals surface area contributed by atoms with Crippen molar-refractivity contribution in [1.29, 1.82) is 0 Å². The number of amides is 3. The van der Waals surface area contributed by atoms with Gasteiger partial charge in [-0.1, -0.05) is 36.4 Å². The molecule has 56 heavy (non-hydrogen) atoms. The van der Waals surface area contributed by atoms with Crippen LogP contribution in [-0.2, 0) is 27.4 Å². The summed E-state index contributed by atoms with van der Waals surface area (Å²) in [6.07, 6.45) is 2.78. The maximum Gasteiger partial charge on any atom is 0.253 e. The first-order valence-corrected chi connectivity index (χ1v) is 20.1. The Balaban J connectivity index is 1.08. The van der Waals surface area contributed by atoms with Crippen molar-refractivity contribution >= 4 is 29.1 Å². The van der Waals surface area contributed by atoms with Gasteiger partial charge >= 0.3 is 0 Å². The summed E-state index contributed by atoms with van der Waals surface area (Å²) in [5.41, 5.74) is 9.90.